The second kappa shape index (κ2) is 6.25. The first kappa shape index (κ1) is 15.8. The van der Waals surface area contributed by atoms with Crippen molar-refractivity contribution in [3.05, 3.63) is 28.8 Å². The number of hydrogen-bond acceptors (Lipinski definition) is 2. The molecule has 3 nitrogen and oxygen atoms in total. The number of alkyl halides is 3. The average molecular weight is 295 g/mol. The van der Waals surface area contributed by atoms with Crippen LogP contribution in [0, 0.1) is 0 Å². The van der Waals surface area contributed by atoms with Crippen LogP contribution in [0.5, 0.6) is 0 Å². The molecule has 106 valence electrons. The van der Waals surface area contributed by atoms with Crippen molar-refractivity contribution in [1.82, 2.24) is 0 Å². The Balaban J connectivity index is 2.92. The molecule has 0 heterocycles. The molecule has 1 aromatic carbocycles. The van der Waals surface area contributed by atoms with Gasteiger partial charge in [-0.1, -0.05) is 24.9 Å². The van der Waals surface area contributed by atoms with E-state index in [2.05, 4.69) is 5.32 Å². The first-order valence-corrected chi connectivity index (χ1v) is 6.06. The number of nitrogens with two attached hydrogens (primary N) is 1. The molecule has 1 rings (SSSR count). The number of benzene rings is 1. The van der Waals surface area contributed by atoms with Gasteiger partial charge in [0.15, 0.2) is 0 Å². The fourth-order valence-corrected chi connectivity index (χ4v) is 1.63. The third-order valence-corrected chi connectivity index (χ3v) is 2.82. The molecule has 0 aromatic heterocycles. The molecule has 1 aromatic rings. The van der Waals surface area contributed by atoms with Crippen LogP contribution in [-0.2, 0) is 11.0 Å². The molecule has 0 unspecified atom stereocenters. The van der Waals surface area contributed by atoms with E-state index in [1.165, 1.54) is 0 Å². The second-order valence-electron chi connectivity index (χ2n) is 4.08. The summed E-state index contributed by atoms with van der Waals surface area (Å²) in [7, 11) is 0. The van der Waals surface area contributed by atoms with E-state index in [0.717, 1.165) is 18.2 Å². The summed E-state index contributed by atoms with van der Waals surface area (Å²) < 4.78 is 37.6. The summed E-state index contributed by atoms with van der Waals surface area (Å²) in [6.45, 7) is 1.85. The number of hydrogen-bond donors (Lipinski definition) is 2. The molecule has 0 saturated carbocycles. The van der Waals surface area contributed by atoms with Crippen LogP contribution in [0.3, 0.4) is 0 Å². The lowest BCUT2D eigenvalue weighted by molar-refractivity contribution is -0.137. The molecule has 0 spiro atoms. The summed E-state index contributed by atoms with van der Waals surface area (Å²) >= 11 is 5.75. The fourth-order valence-electron chi connectivity index (χ4n) is 1.46. The molecular formula is C12H14ClF3N2O. The topological polar surface area (TPSA) is 55.1 Å². The summed E-state index contributed by atoms with van der Waals surface area (Å²) in [6.07, 6.45) is -3.34. The number of rotatable bonds is 4. The van der Waals surface area contributed by atoms with Gasteiger partial charge in [0, 0.05) is 0 Å². The zero-order valence-electron chi connectivity index (χ0n) is 10.2. The molecule has 0 aliphatic rings. The highest BCUT2D eigenvalue weighted by Gasteiger charge is 2.31. The van der Waals surface area contributed by atoms with Crippen LogP contribution >= 0.6 is 11.6 Å². The van der Waals surface area contributed by atoms with Crippen LogP contribution in [0.15, 0.2) is 18.2 Å². The molecule has 0 saturated heterocycles. The Labute approximate surface area is 113 Å². The van der Waals surface area contributed by atoms with E-state index in [0.29, 0.717) is 12.8 Å². The Morgan fingerprint density at radius 3 is 2.63 bits per heavy atom. The van der Waals surface area contributed by atoms with E-state index < -0.39 is 23.7 Å². The highest BCUT2D eigenvalue weighted by Crippen LogP contribution is 2.33. The summed E-state index contributed by atoms with van der Waals surface area (Å²) in [6, 6.07) is 1.96. The third kappa shape index (κ3) is 4.40. The Kier molecular flexibility index (Phi) is 5.20. The maximum absolute atomic E-state index is 12.5. The molecule has 3 N–H and O–H groups in total. The van der Waals surface area contributed by atoms with E-state index in [1.807, 2.05) is 6.92 Å². The van der Waals surface area contributed by atoms with Crippen molar-refractivity contribution >= 4 is 23.2 Å². The molecule has 0 aliphatic carbocycles. The van der Waals surface area contributed by atoms with Crippen molar-refractivity contribution < 1.29 is 18.0 Å². The normalized spacial score (nSPS) is 13.2. The monoisotopic (exact) mass is 294 g/mol. The predicted octanol–water partition coefficient (Wildman–Crippen LogP) is 3.42. The van der Waals surface area contributed by atoms with Gasteiger partial charge in [0.1, 0.15) is 0 Å². The molecule has 0 bridgehead atoms. The lowest BCUT2D eigenvalue weighted by Gasteiger charge is -2.14. The van der Waals surface area contributed by atoms with Crippen LogP contribution in [0.1, 0.15) is 25.3 Å². The smallest absolute Gasteiger partial charge is 0.323 e. The summed E-state index contributed by atoms with van der Waals surface area (Å²) in [5, 5.41) is 2.34. The van der Waals surface area contributed by atoms with Gasteiger partial charge in [-0.3, -0.25) is 4.79 Å². The van der Waals surface area contributed by atoms with Gasteiger partial charge in [-0.2, -0.15) is 13.2 Å². The molecular weight excluding hydrogens is 281 g/mol. The SMILES string of the molecule is CCC[C@@H](N)C(=O)Nc1cc(C(F)(F)F)ccc1Cl. The van der Waals surface area contributed by atoms with Crippen LogP contribution in [0.4, 0.5) is 18.9 Å². The Morgan fingerprint density at radius 1 is 1.47 bits per heavy atom. The third-order valence-electron chi connectivity index (χ3n) is 2.49. The first-order valence-electron chi connectivity index (χ1n) is 5.69. The molecule has 0 fully saturated rings. The lowest BCUT2D eigenvalue weighted by Crippen LogP contribution is -2.35. The quantitative estimate of drug-likeness (QED) is 0.894. The van der Waals surface area contributed by atoms with Gasteiger partial charge in [-0.15, -0.1) is 0 Å². The maximum atomic E-state index is 12.5. The van der Waals surface area contributed by atoms with E-state index in [4.69, 9.17) is 17.3 Å². The van der Waals surface area contributed by atoms with Gasteiger partial charge >= 0.3 is 6.18 Å². The van der Waals surface area contributed by atoms with Gasteiger partial charge in [0.05, 0.1) is 22.3 Å². The second-order valence-corrected chi connectivity index (χ2v) is 4.48. The van der Waals surface area contributed by atoms with E-state index in [9.17, 15) is 18.0 Å². The lowest BCUT2D eigenvalue weighted by atomic mass is 10.1. The molecule has 1 atom stereocenters. The van der Waals surface area contributed by atoms with Gasteiger partial charge < -0.3 is 11.1 Å². The van der Waals surface area contributed by atoms with Crippen molar-refractivity contribution in [2.45, 2.75) is 32.0 Å². The Hall–Kier alpha value is -1.27. The van der Waals surface area contributed by atoms with Crippen LogP contribution in [0.2, 0.25) is 5.02 Å². The summed E-state index contributed by atoms with van der Waals surface area (Å²) in [5.41, 5.74) is 4.60. The molecule has 1 amide bonds. The summed E-state index contributed by atoms with van der Waals surface area (Å²) in [4.78, 5) is 11.6. The molecule has 7 heteroatoms. The zero-order chi connectivity index (χ0) is 14.6. The maximum Gasteiger partial charge on any atom is 0.416 e. The number of amides is 1. The van der Waals surface area contributed by atoms with Crippen molar-refractivity contribution in [3.63, 3.8) is 0 Å². The number of halogens is 4. The van der Waals surface area contributed by atoms with Crippen molar-refractivity contribution in [2.24, 2.45) is 5.73 Å². The molecule has 0 aliphatic heterocycles. The minimum atomic E-state index is -4.49. The zero-order valence-corrected chi connectivity index (χ0v) is 11.0. The number of carbonyl (C=O) groups excluding carboxylic acids is 1. The Bertz CT molecular complexity index is 463. The highest BCUT2D eigenvalue weighted by atomic mass is 35.5. The predicted molar refractivity (Wildman–Crippen MR) is 68.0 cm³/mol. The minimum absolute atomic E-state index is 0.0325. The molecule has 0 radical (unpaired) electrons. The van der Waals surface area contributed by atoms with E-state index >= 15 is 0 Å². The number of nitrogens with one attached hydrogen (secondary N) is 1. The fraction of sp³-hybridized carbons (Fsp3) is 0.417. The van der Waals surface area contributed by atoms with Gasteiger partial charge in [-0.25, -0.2) is 0 Å². The molecule has 19 heavy (non-hydrogen) atoms. The summed E-state index contributed by atoms with van der Waals surface area (Å²) in [5.74, 6) is -0.553. The van der Waals surface area contributed by atoms with Crippen LogP contribution in [-0.4, -0.2) is 11.9 Å². The first-order chi connectivity index (χ1) is 8.75. The average Bonchev–Trinajstić information content (AvgIpc) is 2.30. The Morgan fingerprint density at radius 2 is 2.11 bits per heavy atom. The van der Waals surface area contributed by atoms with E-state index in [-0.39, 0.29) is 10.7 Å². The number of carbonyl (C=O) groups is 1. The minimum Gasteiger partial charge on any atom is -0.323 e. The van der Waals surface area contributed by atoms with Crippen molar-refractivity contribution in [2.75, 3.05) is 5.32 Å². The van der Waals surface area contributed by atoms with Gasteiger partial charge in [0.25, 0.3) is 0 Å². The van der Waals surface area contributed by atoms with E-state index in [1.54, 1.807) is 0 Å². The van der Waals surface area contributed by atoms with Crippen LogP contribution < -0.4 is 11.1 Å². The van der Waals surface area contributed by atoms with Crippen molar-refractivity contribution in [3.8, 4) is 0 Å². The van der Waals surface area contributed by atoms with Gasteiger partial charge in [-0.05, 0) is 24.6 Å². The number of anilines is 1. The highest BCUT2D eigenvalue weighted by molar-refractivity contribution is 6.33. The standard InChI is InChI=1S/C12H14ClF3N2O/c1-2-3-9(17)11(19)18-10-6-7(12(14,15)16)4-5-8(10)13/h4-6,9H,2-3,17H2,1H3,(H,18,19)/t9-/m1/s1. The van der Waals surface area contributed by atoms with Crippen molar-refractivity contribution in [1.29, 1.82) is 0 Å². The largest absolute Gasteiger partial charge is 0.416 e. The van der Waals surface area contributed by atoms with Crippen LogP contribution in [0.25, 0.3) is 0 Å². The van der Waals surface area contributed by atoms with Gasteiger partial charge in [0.2, 0.25) is 5.91 Å².